The summed E-state index contributed by atoms with van der Waals surface area (Å²) in [5.41, 5.74) is 2.21. The van der Waals surface area contributed by atoms with Crippen LogP contribution >= 0.6 is 0 Å². The first-order valence-corrected chi connectivity index (χ1v) is 5.85. The van der Waals surface area contributed by atoms with Crippen molar-refractivity contribution in [1.82, 2.24) is 4.90 Å². The maximum absolute atomic E-state index is 12.2. The number of nitrogens with one attached hydrogen (secondary N) is 1. The van der Waals surface area contributed by atoms with E-state index < -0.39 is 0 Å². The molecule has 0 spiro atoms. The molecule has 2 atom stereocenters. The number of aliphatic hydroxyl groups excluding tert-OH is 1. The highest BCUT2D eigenvalue weighted by Gasteiger charge is 2.29. The van der Waals surface area contributed by atoms with E-state index >= 15 is 0 Å². The van der Waals surface area contributed by atoms with Gasteiger partial charge in [0.25, 0.3) is 0 Å². The van der Waals surface area contributed by atoms with E-state index in [1.165, 1.54) is 5.56 Å². The Balaban J connectivity index is 2.05. The zero-order valence-electron chi connectivity index (χ0n) is 10.2. The largest absolute Gasteiger partial charge is 0.394 e. The molecular formula is C13H18N2O2. The second-order valence-electron chi connectivity index (χ2n) is 4.54. The van der Waals surface area contributed by atoms with Gasteiger partial charge in [-0.05, 0) is 18.6 Å². The van der Waals surface area contributed by atoms with E-state index in [4.69, 9.17) is 5.11 Å². The summed E-state index contributed by atoms with van der Waals surface area (Å²) in [5, 5.41) is 12.3. The Hall–Kier alpha value is -1.55. The van der Waals surface area contributed by atoms with Gasteiger partial charge < -0.3 is 15.3 Å². The van der Waals surface area contributed by atoms with Crippen molar-refractivity contribution in [1.29, 1.82) is 0 Å². The molecule has 1 amide bonds. The van der Waals surface area contributed by atoms with Crippen LogP contribution in [0.25, 0.3) is 0 Å². The van der Waals surface area contributed by atoms with Gasteiger partial charge in [-0.3, -0.25) is 4.79 Å². The Morgan fingerprint density at radius 3 is 2.94 bits per heavy atom. The fraction of sp³-hybridized carbons (Fsp3) is 0.462. The monoisotopic (exact) mass is 234 g/mol. The second kappa shape index (κ2) is 4.75. The van der Waals surface area contributed by atoms with Gasteiger partial charge >= 0.3 is 0 Å². The molecule has 4 heteroatoms. The zero-order valence-corrected chi connectivity index (χ0v) is 10.2. The van der Waals surface area contributed by atoms with E-state index in [-0.39, 0.29) is 24.6 Å². The van der Waals surface area contributed by atoms with Gasteiger partial charge in [0.15, 0.2) is 0 Å². The lowest BCUT2D eigenvalue weighted by Gasteiger charge is -2.26. The van der Waals surface area contributed by atoms with Gasteiger partial charge in [-0.15, -0.1) is 0 Å². The predicted octanol–water partition coefficient (Wildman–Crippen LogP) is 0.862. The number of hydrogen-bond donors (Lipinski definition) is 2. The summed E-state index contributed by atoms with van der Waals surface area (Å²) < 4.78 is 0. The van der Waals surface area contributed by atoms with Crippen molar-refractivity contribution in [2.45, 2.75) is 25.4 Å². The molecule has 0 radical (unpaired) electrons. The summed E-state index contributed by atoms with van der Waals surface area (Å²) in [7, 11) is 1.73. The second-order valence-corrected chi connectivity index (χ2v) is 4.54. The number of carbonyl (C=O) groups is 1. The Kier molecular flexibility index (Phi) is 3.33. The van der Waals surface area contributed by atoms with Crippen LogP contribution in [-0.4, -0.2) is 41.7 Å². The van der Waals surface area contributed by atoms with E-state index in [1.807, 2.05) is 31.2 Å². The summed E-state index contributed by atoms with van der Waals surface area (Å²) in [6, 6.07) is 7.61. The summed E-state index contributed by atoms with van der Waals surface area (Å²) in [5.74, 6) is 0.0303. The molecule has 4 nitrogen and oxygen atoms in total. The van der Waals surface area contributed by atoms with Crippen LogP contribution < -0.4 is 5.32 Å². The molecule has 0 saturated carbocycles. The smallest absolute Gasteiger partial charge is 0.245 e. The first kappa shape index (κ1) is 11.9. The van der Waals surface area contributed by atoms with Crippen molar-refractivity contribution in [3.63, 3.8) is 0 Å². The summed E-state index contributed by atoms with van der Waals surface area (Å²) in [6.07, 6.45) is 0.720. The highest BCUT2D eigenvalue weighted by Crippen LogP contribution is 2.26. The number of likely N-dealkylation sites (N-methyl/N-ethyl adjacent to an activating group) is 1. The van der Waals surface area contributed by atoms with Gasteiger partial charge in [0.05, 0.1) is 12.6 Å². The Morgan fingerprint density at radius 1 is 1.59 bits per heavy atom. The highest BCUT2D eigenvalue weighted by molar-refractivity contribution is 5.87. The number of para-hydroxylation sites is 1. The van der Waals surface area contributed by atoms with Crippen LogP contribution in [0, 0.1) is 0 Å². The third-order valence-corrected chi connectivity index (χ3v) is 3.34. The normalized spacial score (nSPS) is 19.4. The first-order valence-electron chi connectivity index (χ1n) is 5.85. The van der Waals surface area contributed by atoms with Gasteiger partial charge in [-0.25, -0.2) is 0 Å². The van der Waals surface area contributed by atoms with Gasteiger partial charge in [-0.2, -0.15) is 0 Å². The maximum Gasteiger partial charge on any atom is 0.245 e. The number of rotatable bonds is 3. The van der Waals surface area contributed by atoms with Crippen molar-refractivity contribution in [3.8, 4) is 0 Å². The van der Waals surface area contributed by atoms with Gasteiger partial charge in [0.1, 0.15) is 6.04 Å². The van der Waals surface area contributed by atoms with Crippen molar-refractivity contribution in [2.24, 2.45) is 0 Å². The van der Waals surface area contributed by atoms with Crippen LogP contribution in [-0.2, 0) is 11.2 Å². The third kappa shape index (κ3) is 2.26. The van der Waals surface area contributed by atoms with Crippen LogP contribution in [0.4, 0.5) is 5.69 Å². The number of aliphatic hydroxyl groups is 1. The zero-order chi connectivity index (χ0) is 12.4. The standard InChI is InChI=1S/C13H18N2O2/c1-9(8-16)15(2)13(17)12-7-10-5-3-4-6-11(10)14-12/h3-6,9,12,14,16H,7-8H2,1-2H3. The van der Waals surface area contributed by atoms with E-state index in [0.29, 0.717) is 0 Å². The van der Waals surface area contributed by atoms with E-state index in [9.17, 15) is 4.79 Å². The average Bonchev–Trinajstić information content (AvgIpc) is 2.79. The summed E-state index contributed by atoms with van der Waals surface area (Å²) >= 11 is 0. The Bertz CT molecular complexity index is 395. The molecule has 2 rings (SSSR count). The molecular weight excluding hydrogens is 216 g/mol. The lowest BCUT2D eigenvalue weighted by molar-refractivity contribution is -0.133. The number of benzene rings is 1. The van der Waals surface area contributed by atoms with E-state index in [2.05, 4.69) is 5.32 Å². The van der Waals surface area contributed by atoms with Crippen molar-refractivity contribution in [3.05, 3.63) is 29.8 Å². The van der Waals surface area contributed by atoms with Crippen LogP contribution in [0.2, 0.25) is 0 Å². The molecule has 0 bridgehead atoms. The molecule has 17 heavy (non-hydrogen) atoms. The minimum absolute atomic E-state index is 0.0120. The number of amides is 1. The van der Waals surface area contributed by atoms with Crippen molar-refractivity contribution in [2.75, 3.05) is 19.0 Å². The fourth-order valence-electron chi connectivity index (χ4n) is 2.03. The molecule has 0 fully saturated rings. The molecule has 1 heterocycles. The SMILES string of the molecule is CC(CO)N(C)C(=O)C1Cc2ccccc2N1. The number of nitrogens with zero attached hydrogens (tertiary/aromatic N) is 1. The van der Waals surface area contributed by atoms with Gasteiger partial charge in [0.2, 0.25) is 5.91 Å². The Morgan fingerprint density at radius 2 is 2.29 bits per heavy atom. The average molecular weight is 234 g/mol. The number of fused-ring (bicyclic) bond motifs is 1. The lowest BCUT2D eigenvalue weighted by atomic mass is 10.1. The van der Waals surface area contributed by atoms with E-state index in [1.54, 1.807) is 11.9 Å². The van der Waals surface area contributed by atoms with Crippen LogP contribution in [0.15, 0.2) is 24.3 Å². The van der Waals surface area contributed by atoms with Crippen LogP contribution in [0.3, 0.4) is 0 Å². The predicted molar refractivity (Wildman–Crippen MR) is 66.9 cm³/mol. The summed E-state index contributed by atoms with van der Waals surface area (Å²) in [6.45, 7) is 1.82. The fourth-order valence-corrected chi connectivity index (χ4v) is 2.03. The van der Waals surface area contributed by atoms with Crippen molar-refractivity contribution < 1.29 is 9.90 Å². The Labute approximate surface area is 101 Å². The maximum atomic E-state index is 12.2. The molecule has 2 N–H and O–H groups in total. The quantitative estimate of drug-likeness (QED) is 0.815. The van der Waals surface area contributed by atoms with E-state index in [0.717, 1.165) is 12.1 Å². The summed E-state index contributed by atoms with van der Waals surface area (Å²) in [4.78, 5) is 13.8. The van der Waals surface area contributed by atoms with Crippen molar-refractivity contribution >= 4 is 11.6 Å². The third-order valence-electron chi connectivity index (χ3n) is 3.34. The van der Waals surface area contributed by atoms with Crippen LogP contribution in [0.1, 0.15) is 12.5 Å². The van der Waals surface area contributed by atoms with Crippen LogP contribution in [0.5, 0.6) is 0 Å². The molecule has 1 aromatic rings. The topological polar surface area (TPSA) is 52.6 Å². The molecule has 2 unspecified atom stereocenters. The molecule has 1 aliphatic rings. The molecule has 1 aromatic carbocycles. The minimum Gasteiger partial charge on any atom is -0.394 e. The number of hydrogen-bond acceptors (Lipinski definition) is 3. The highest BCUT2D eigenvalue weighted by atomic mass is 16.3. The molecule has 0 saturated heterocycles. The van der Waals surface area contributed by atoms with Gasteiger partial charge in [0, 0.05) is 19.2 Å². The first-order chi connectivity index (χ1) is 8.13. The molecule has 1 aliphatic heterocycles. The molecule has 92 valence electrons. The molecule has 0 aromatic heterocycles. The lowest BCUT2D eigenvalue weighted by Crippen LogP contribution is -2.45. The number of anilines is 1. The minimum atomic E-state index is -0.202. The number of carbonyl (C=O) groups excluding carboxylic acids is 1. The van der Waals surface area contributed by atoms with Gasteiger partial charge in [-0.1, -0.05) is 18.2 Å². The molecule has 0 aliphatic carbocycles.